The van der Waals surface area contributed by atoms with E-state index in [2.05, 4.69) is 20.7 Å². The first kappa shape index (κ1) is 27.9. The van der Waals surface area contributed by atoms with E-state index in [1.165, 1.54) is 7.05 Å². The summed E-state index contributed by atoms with van der Waals surface area (Å²) in [5.74, 6) is -2.01. The zero-order valence-electron chi connectivity index (χ0n) is 21.3. The number of rotatable bonds is 5. The Morgan fingerprint density at radius 3 is 2.41 bits per heavy atom. The van der Waals surface area contributed by atoms with E-state index in [0.29, 0.717) is 37.8 Å². The highest BCUT2D eigenvalue weighted by Gasteiger charge is 2.53. The highest BCUT2D eigenvalue weighted by atomic mass is 35.5. The second kappa shape index (κ2) is 10.4. The van der Waals surface area contributed by atoms with E-state index in [9.17, 15) is 26.4 Å². The monoisotopic (exact) mass is 570 g/mol. The molecule has 5 rings (SSSR count). The summed E-state index contributed by atoms with van der Waals surface area (Å²) in [5, 5.41) is 5.85. The minimum atomic E-state index is -4.54. The van der Waals surface area contributed by atoms with Crippen molar-refractivity contribution in [3.05, 3.63) is 0 Å². The van der Waals surface area contributed by atoms with Gasteiger partial charge in [0, 0.05) is 51.2 Å². The van der Waals surface area contributed by atoms with Gasteiger partial charge in [-0.2, -0.15) is 13.2 Å². The Hall–Kier alpha value is -0.700. The van der Waals surface area contributed by atoms with Crippen LogP contribution in [0.25, 0.3) is 0 Å². The maximum Gasteiger partial charge on any atom is 0.409 e. The van der Waals surface area contributed by atoms with Crippen LogP contribution in [0.4, 0.5) is 13.2 Å². The molecule has 1 saturated carbocycles. The van der Waals surface area contributed by atoms with E-state index in [0.717, 1.165) is 47.8 Å². The van der Waals surface area contributed by atoms with Crippen molar-refractivity contribution < 1.29 is 26.4 Å². The van der Waals surface area contributed by atoms with Gasteiger partial charge in [-0.15, -0.1) is 11.6 Å². The van der Waals surface area contributed by atoms with Crippen LogP contribution in [-0.2, 0) is 14.8 Å². The van der Waals surface area contributed by atoms with E-state index < -0.39 is 40.0 Å². The summed E-state index contributed by atoms with van der Waals surface area (Å²) in [7, 11) is -2.22. The van der Waals surface area contributed by atoms with Crippen molar-refractivity contribution in [2.45, 2.75) is 87.0 Å². The molecule has 1 amide bonds. The molecule has 4 saturated heterocycles. The Morgan fingerprint density at radius 1 is 1.11 bits per heavy atom. The second-order valence-electron chi connectivity index (χ2n) is 11.5. The molecular formula is C23H38ClF3N6O3S. The van der Waals surface area contributed by atoms with Gasteiger partial charge in [0.25, 0.3) is 0 Å². The number of nitrogens with one attached hydrogen (secondary N) is 2. The lowest BCUT2D eigenvalue weighted by atomic mass is 9.78. The highest BCUT2D eigenvalue weighted by molar-refractivity contribution is 7.88. The average Bonchev–Trinajstić information content (AvgIpc) is 3.17. The van der Waals surface area contributed by atoms with Gasteiger partial charge in [0.15, 0.2) is 0 Å². The van der Waals surface area contributed by atoms with Gasteiger partial charge in [0.2, 0.25) is 15.9 Å². The van der Waals surface area contributed by atoms with Gasteiger partial charge >= 0.3 is 6.18 Å². The van der Waals surface area contributed by atoms with Crippen LogP contribution in [0.3, 0.4) is 0 Å². The van der Waals surface area contributed by atoms with E-state index in [1.54, 1.807) is 0 Å². The standard InChI is InChI=1S/C23H38ClF3N6O3S/c1-30(22(34)15-12-31(13-15)37(2,35)36)21(23(25,26)27)14-5-7-16(8-6-14)32-9-3-4-17-18(32)11-28-20-10-19(24)29-33(17)20/h14-21,28-29H,3-13H2,1-2H3/t14?,16?,17?,18?,19?,20?,21-/m0/s1. The fourth-order valence-corrected chi connectivity index (χ4v) is 8.50. The van der Waals surface area contributed by atoms with Gasteiger partial charge < -0.3 is 4.90 Å². The van der Waals surface area contributed by atoms with Crippen molar-refractivity contribution in [2.75, 3.05) is 39.5 Å². The number of nitrogens with zero attached hydrogens (tertiary/aromatic N) is 4. The maximum atomic E-state index is 14.3. The number of sulfonamides is 1. The number of hydrazine groups is 1. The van der Waals surface area contributed by atoms with Crippen LogP contribution in [0.2, 0.25) is 0 Å². The van der Waals surface area contributed by atoms with Crippen molar-refractivity contribution in [1.29, 1.82) is 0 Å². The van der Waals surface area contributed by atoms with Crippen molar-refractivity contribution >= 4 is 27.5 Å². The predicted molar refractivity (Wildman–Crippen MR) is 133 cm³/mol. The number of carbonyl (C=O) groups is 1. The topological polar surface area (TPSA) is 88.2 Å². The number of amides is 1. The predicted octanol–water partition coefficient (Wildman–Crippen LogP) is 1.36. The SMILES string of the molecule is CN(C(=O)C1CN(S(C)(=O)=O)C1)[C@@H](C1CCC(N2CCCC3C2CNC2CC(Cl)NN23)CC1)C(F)(F)F. The summed E-state index contributed by atoms with van der Waals surface area (Å²) in [6.45, 7) is 1.69. The molecule has 4 heterocycles. The lowest BCUT2D eigenvalue weighted by molar-refractivity contribution is -0.204. The first-order valence-electron chi connectivity index (χ1n) is 13.3. The van der Waals surface area contributed by atoms with Crippen LogP contribution < -0.4 is 10.7 Å². The Morgan fingerprint density at radius 2 is 1.78 bits per heavy atom. The first-order valence-corrected chi connectivity index (χ1v) is 15.6. The molecule has 0 aromatic rings. The number of halogens is 4. The molecule has 4 aliphatic heterocycles. The molecule has 14 heteroatoms. The number of hydrogen-bond donors (Lipinski definition) is 2. The third kappa shape index (κ3) is 5.51. The third-order valence-corrected chi connectivity index (χ3v) is 10.7. The summed E-state index contributed by atoms with van der Waals surface area (Å²) in [4.78, 5) is 16.2. The van der Waals surface area contributed by atoms with Crippen molar-refractivity contribution in [3.8, 4) is 0 Å². The van der Waals surface area contributed by atoms with Gasteiger partial charge in [-0.3, -0.25) is 15.0 Å². The average molecular weight is 571 g/mol. The number of hydrogen-bond acceptors (Lipinski definition) is 7. The van der Waals surface area contributed by atoms with Crippen LogP contribution in [0.5, 0.6) is 0 Å². The molecule has 9 nitrogen and oxygen atoms in total. The molecule has 0 bridgehead atoms. The first-order chi connectivity index (χ1) is 17.3. The fourth-order valence-electron chi connectivity index (χ4n) is 7.31. The minimum absolute atomic E-state index is 0.0535. The summed E-state index contributed by atoms with van der Waals surface area (Å²) >= 11 is 6.34. The van der Waals surface area contributed by atoms with Gasteiger partial charge in [-0.25, -0.2) is 23.2 Å². The van der Waals surface area contributed by atoms with Crippen LogP contribution in [-0.4, -0.2) is 115 Å². The zero-order chi connectivity index (χ0) is 26.7. The van der Waals surface area contributed by atoms with E-state index in [-0.39, 0.29) is 30.8 Å². The Kier molecular flexibility index (Phi) is 7.80. The molecule has 37 heavy (non-hydrogen) atoms. The molecule has 5 aliphatic rings. The Labute approximate surface area is 222 Å². The lowest BCUT2D eigenvalue weighted by Crippen LogP contribution is -2.70. The van der Waals surface area contributed by atoms with Crippen LogP contribution in [0.1, 0.15) is 44.9 Å². The minimum Gasteiger partial charge on any atom is -0.333 e. The van der Waals surface area contributed by atoms with Gasteiger partial charge in [0.1, 0.15) is 6.04 Å². The molecule has 4 unspecified atom stereocenters. The zero-order valence-corrected chi connectivity index (χ0v) is 22.9. The molecule has 2 N–H and O–H groups in total. The van der Waals surface area contributed by atoms with E-state index in [4.69, 9.17) is 11.6 Å². The molecule has 5 atom stereocenters. The van der Waals surface area contributed by atoms with Gasteiger partial charge in [0.05, 0.1) is 23.8 Å². The second-order valence-corrected chi connectivity index (χ2v) is 14.0. The largest absolute Gasteiger partial charge is 0.409 e. The van der Waals surface area contributed by atoms with Crippen LogP contribution in [0.15, 0.2) is 0 Å². The summed E-state index contributed by atoms with van der Waals surface area (Å²) in [5.41, 5.74) is 3.29. The normalized spacial score (nSPS) is 37.5. The number of alkyl halides is 4. The fraction of sp³-hybridized carbons (Fsp3) is 0.957. The molecule has 212 valence electrons. The van der Waals surface area contributed by atoms with Gasteiger partial charge in [-0.1, -0.05) is 0 Å². The number of piperidine rings is 1. The smallest absolute Gasteiger partial charge is 0.333 e. The van der Waals surface area contributed by atoms with Crippen molar-refractivity contribution in [1.82, 2.24) is 29.9 Å². The quantitative estimate of drug-likeness (QED) is 0.381. The number of fused-ring (bicyclic) bond motifs is 3. The van der Waals surface area contributed by atoms with Crippen molar-refractivity contribution in [2.24, 2.45) is 11.8 Å². The molecule has 1 aliphatic carbocycles. The molecule has 0 radical (unpaired) electrons. The molecule has 5 fully saturated rings. The lowest BCUT2D eigenvalue weighted by Gasteiger charge is -2.53. The van der Waals surface area contributed by atoms with Gasteiger partial charge in [-0.05, 0) is 51.0 Å². The number of likely N-dealkylation sites (tertiary alicyclic amines) is 1. The Balaban J connectivity index is 1.21. The molecule has 0 aromatic heterocycles. The number of carbonyl (C=O) groups excluding carboxylic acids is 1. The summed E-state index contributed by atoms with van der Waals surface area (Å²) < 4.78 is 67.1. The van der Waals surface area contributed by atoms with Crippen LogP contribution in [0, 0.1) is 11.8 Å². The van der Waals surface area contributed by atoms with Crippen molar-refractivity contribution in [3.63, 3.8) is 0 Å². The highest BCUT2D eigenvalue weighted by Crippen LogP contribution is 2.41. The third-order valence-electron chi connectivity index (χ3n) is 9.18. The molecular weight excluding hydrogens is 533 g/mol. The van der Waals surface area contributed by atoms with Crippen LogP contribution >= 0.6 is 11.6 Å². The Bertz CT molecular complexity index is 960. The maximum absolute atomic E-state index is 14.3. The summed E-state index contributed by atoms with van der Waals surface area (Å²) in [6, 6.07) is -1.00. The molecule has 0 spiro atoms. The van der Waals surface area contributed by atoms with E-state index in [1.807, 2.05) is 0 Å². The van der Waals surface area contributed by atoms with E-state index >= 15 is 0 Å². The summed E-state index contributed by atoms with van der Waals surface area (Å²) in [6.07, 6.45) is 1.83. The molecule has 0 aromatic carbocycles.